The second-order valence-corrected chi connectivity index (χ2v) is 5.89. The Bertz CT molecular complexity index is 646. The Morgan fingerprint density at radius 3 is 2.85 bits per heavy atom. The summed E-state index contributed by atoms with van der Waals surface area (Å²) in [5.41, 5.74) is 2.85. The van der Waals surface area contributed by atoms with Gasteiger partial charge in [0.05, 0.1) is 12.3 Å². The number of hydrogen-bond acceptors (Lipinski definition) is 4. The van der Waals surface area contributed by atoms with Crippen molar-refractivity contribution in [3.63, 3.8) is 0 Å². The Balaban J connectivity index is 2.06. The van der Waals surface area contributed by atoms with Crippen molar-refractivity contribution >= 4 is 17.3 Å². The summed E-state index contributed by atoms with van der Waals surface area (Å²) in [4.78, 5) is 16.0. The highest BCUT2D eigenvalue weighted by Gasteiger charge is 2.27. The Hall–Kier alpha value is -1.72. The molecule has 1 N–H and O–H groups in total. The van der Waals surface area contributed by atoms with Gasteiger partial charge in [-0.2, -0.15) is 0 Å². The summed E-state index contributed by atoms with van der Waals surface area (Å²) in [6, 6.07) is 8.14. The molecule has 1 aromatic carbocycles. The fraction of sp³-hybridized carbons (Fsp3) is 0.333. The van der Waals surface area contributed by atoms with Gasteiger partial charge in [-0.1, -0.05) is 24.3 Å². The third-order valence-electron chi connectivity index (χ3n) is 3.38. The number of benzene rings is 1. The molecule has 0 saturated heterocycles. The molecule has 0 unspecified atom stereocenters. The lowest BCUT2D eigenvalue weighted by Crippen LogP contribution is -1.99. The quantitative estimate of drug-likeness (QED) is 0.914. The van der Waals surface area contributed by atoms with Gasteiger partial charge in [0.25, 0.3) is 0 Å². The maximum Gasteiger partial charge on any atom is 0.347 e. The molecular formula is C15H15NO3S. The van der Waals surface area contributed by atoms with Crippen LogP contribution in [0.5, 0.6) is 0 Å². The van der Waals surface area contributed by atoms with Gasteiger partial charge in [0.2, 0.25) is 0 Å². The highest BCUT2D eigenvalue weighted by atomic mass is 32.1. The van der Waals surface area contributed by atoms with Crippen molar-refractivity contribution in [2.75, 3.05) is 7.11 Å². The van der Waals surface area contributed by atoms with Crippen LogP contribution >= 0.6 is 11.3 Å². The zero-order valence-electron chi connectivity index (χ0n) is 11.1. The summed E-state index contributed by atoms with van der Waals surface area (Å²) in [6.07, 6.45) is 2.41. The molecule has 1 aliphatic rings. The number of thiazole rings is 1. The zero-order chi connectivity index (χ0) is 14.1. The molecule has 1 aliphatic carbocycles. The second-order valence-electron chi connectivity index (χ2n) is 4.89. The predicted molar refractivity (Wildman–Crippen MR) is 77.2 cm³/mol. The molecule has 1 heterocycles. The minimum absolute atomic E-state index is 0.226. The molecule has 5 heteroatoms. The van der Waals surface area contributed by atoms with Crippen LogP contribution in [-0.4, -0.2) is 23.2 Å². The van der Waals surface area contributed by atoms with Gasteiger partial charge in [-0.05, 0) is 24.3 Å². The van der Waals surface area contributed by atoms with E-state index in [1.807, 2.05) is 18.2 Å². The largest absolute Gasteiger partial charge is 0.477 e. The first-order valence-corrected chi connectivity index (χ1v) is 7.33. The number of nitrogens with zero attached hydrogens (tertiary/aromatic N) is 1. The fourth-order valence-electron chi connectivity index (χ4n) is 2.31. The highest BCUT2D eigenvalue weighted by Crippen LogP contribution is 2.45. The number of carboxylic acid groups (broad SMARTS) is 1. The minimum atomic E-state index is -0.940. The van der Waals surface area contributed by atoms with E-state index in [1.54, 1.807) is 7.11 Å². The summed E-state index contributed by atoms with van der Waals surface area (Å²) in [6.45, 7) is 0.226. The molecule has 2 aromatic rings. The highest BCUT2D eigenvalue weighted by molar-refractivity contribution is 7.17. The zero-order valence-corrected chi connectivity index (χ0v) is 11.9. The lowest BCUT2D eigenvalue weighted by Gasteiger charge is -2.04. The number of methoxy groups -OCH3 is 1. The van der Waals surface area contributed by atoms with Gasteiger partial charge in [-0.15, -0.1) is 11.3 Å². The SMILES string of the molecule is COCc1nc(-c2ccccc2C2CC2)sc1C(=O)O. The van der Waals surface area contributed by atoms with E-state index < -0.39 is 5.97 Å². The minimum Gasteiger partial charge on any atom is -0.477 e. The number of carbonyl (C=O) groups is 1. The molecule has 1 aromatic heterocycles. The molecular weight excluding hydrogens is 274 g/mol. The average Bonchev–Trinajstić information content (AvgIpc) is 3.20. The van der Waals surface area contributed by atoms with Crippen molar-refractivity contribution in [1.82, 2.24) is 4.98 Å². The van der Waals surface area contributed by atoms with E-state index in [0.29, 0.717) is 11.6 Å². The first kappa shape index (κ1) is 13.3. The van der Waals surface area contributed by atoms with Crippen LogP contribution in [0.15, 0.2) is 24.3 Å². The van der Waals surface area contributed by atoms with Crippen LogP contribution in [0.1, 0.15) is 39.7 Å². The Labute approximate surface area is 121 Å². The van der Waals surface area contributed by atoms with Gasteiger partial charge < -0.3 is 9.84 Å². The smallest absolute Gasteiger partial charge is 0.347 e. The molecule has 104 valence electrons. The maximum atomic E-state index is 11.3. The first-order chi connectivity index (χ1) is 9.70. The van der Waals surface area contributed by atoms with Crippen molar-refractivity contribution in [1.29, 1.82) is 0 Å². The van der Waals surface area contributed by atoms with Gasteiger partial charge in [-0.25, -0.2) is 9.78 Å². The van der Waals surface area contributed by atoms with E-state index in [-0.39, 0.29) is 11.5 Å². The summed E-state index contributed by atoms with van der Waals surface area (Å²) in [5.74, 6) is -0.334. The average molecular weight is 289 g/mol. The Kier molecular flexibility index (Phi) is 3.54. The first-order valence-electron chi connectivity index (χ1n) is 6.52. The van der Waals surface area contributed by atoms with Crippen molar-refractivity contribution in [3.05, 3.63) is 40.4 Å². The number of ether oxygens (including phenoxy) is 1. The standard InChI is InChI=1S/C15H15NO3S/c1-19-8-12-13(15(17)18)20-14(16-12)11-5-3-2-4-10(11)9-6-7-9/h2-5,9H,6-8H2,1H3,(H,17,18). The van der Waals surface area contributed by atoms with E-state index in [0.717, 1.165) is 10.6 Å². The van der Waals surface area contributed by atoms with Gasteiger partial charge >= 0.3 is 5.97 Å². The van der Waals surface area contributed by atoms with Crippen LogP contribution in [0.2, 0.25) is 0 Å². The molecule has 0 atom stereocenters. The summed E-state index contributed by atoms with van der Waals surface area (Å²) in [7, 11) is 1.54. The maximum absolute atomic E-state index is 11.3. The van der Waals surface area contributed by atoms with E-state index in [9.17, 15) is 9.90 Å². The van der Waals surface area contributed by atoms with Crippen LogP contribution in [0.4, 0.5) is 0 Å². The van der Waals surface area contributed by atoms with Crippen molar-refractivity contribution < 1.29 is 14.6 Å². The summed E-state index contributed by atoms with van der Waals surface area (Å²) in [5, 5.41) is 10.0. The lowest BCUT2D eigenvalue weighted by molar-refractivity contribution is 0.0697. The van der Waals surface area contributed by atoms with Crippen LogP contribution in [0, 0.1) is 0 Å². The number of rotatable bonds is 5. The molecule has 1 fully saturated rings. The molecule has 0 bridgehead atoms. The van der Waals surface area contributed by atoms with Crippen LogP contribution < -0.4 is 0 Å². The topological polar surface area (TPSA) is 59.4 Å². The molecule has 0 amide bonds. The number of aromatic nitrogens is 1. The molecule has 0 spiro atoms. The third-order valence-corrected chi connectivity index (χ3v) is 4.50. The van der Waals surface area contributed by atoms with Crippen LogP contribution in [0.25, 0.3) is 10.6 Å². The summed E-state index contributed by atoms with van der Waals surface area (Å²) < 4.78 is 5.04. The second kappa shape index (κ2) is 5.34. The normalized spacial score (nSPS) is 14.4. The van der Waals surface area contributed by atoms with Crippen LogP contribution in [-0.2, 0) is 11.3 Å². The monoisotopic (exact) mass is 289 g/mol. The molecule has 1 saturated carbocycles. The van der Waals surface area contributed by atoms with E-state index in [1.165, 1.54) is 29.7 Å². The molecule has 20 heavy (non-hydrogen) atoms. The Morgan fingerprint density at radius 2 is 2.20 bits per heavy atom. The molecule has 4 nitrogen and oxygen atoms in total. The third kappa shape index (κ3) is 2.46. The fourth-order valence-corrected chi connectivity index (χ4v) is 3.27. The van der Waals surface area contributed by atoms with E-state index >= 15 is 0 Å². The van der Waals surface area contributed by atoms with Gasteiger partial charge in [0, 0.05) is 12.7 Å². The van der Waals surface area contributed by atoms with Crippen molar-refractivity contribution in [2.24, 2.45) is 0 Å². The van der Waals surface area contributed by atoms with Gasteiger partial charge in [-0.3, -0.25) is 0 Å². The number of carboxylic acids is 1. The van der Waals surface area contributed by atoms with E-state index in [4.69, 9.17) is 4.74 Å². The number of aromatic carboxylic acids is 1. The predicted octanol–water partition coefficient (Wildman–Crippen LogP) is 3.53. The van der Waals surface area contributed by atoms with Crippen molar-refractivity contribution in [2.45, 2.75) is 25.4 Å². The Morgan fingerprint density at radius 1 is 1.45 bits per heavy atom. The van der Waals surface area contributed by atoms with Gasteiger partial charge in [0.15, 0.2) is 0 Å². The molecule has 3 rings (SSSR count). The molecule has 0 radical (unpaired) electrons. The summed E-state index contributed by atoms with van der Waals surface area (Å²) >= 11 is 1.23. The van der Waals surface area contributed by atoms with Crippen molar-refractivity contribution in [3.8, 4) is 10.6 Å². The van der Waals surface area contributed by atoms with Gasteiger partial charge in [0.1, 0.15) is 9.88 Å². The van der Waals surface area contributed by atoms with E-state index in [2.05, 4.69) is 11.1 Å². The van der Waals surface area contributed by atoms with Crippen LogP contribution in [0.3, 0.4) is 0 Å². The lowest BCUT2D eigenvalue weighted by atomic mass is 10.0. The number of hydrogen-bond donors (Lipinski definition) is 1. The molecule has 0 aliphatic heterocycles.